The maximum absolute atomic E-state index is 10.6. The molecule has 0 heterocycles. The highest BCUT2D eigenvalue weighted by atomic mass is 16.6. The quantitative estimate of drug-likeness (QED) is 0.398. The van der Waals surface area contributed by atoms with Crippen LogP contribution in [0, 0.1) is 10.1 Å². The summed E-state index contributed by atoms with van der Waals surface area (Å²) in [6.07, 6.45) is 6.34. The van der Waals surface area contributed by atoms with Gasteiger partial charge in [-0.05, 0) is 30.7 Å². The molecule has 0 radical (unpaired) electrons. The zero-order valence-corrected chi connectivity index (χ0v) is 7.73. The molecule has 0 saturated heterocycles. The van der Waals surface area contributed by atoms with E-state index in [1.807, 2.05) is 6.92 Å². The molecule has 0 fully saturated rings. The molecule has 0 bridgehead atoms. The highest BCUT2D eigenvalue weighted by molar-refractivity contribution is 5.27. The molecule has 0 aliphatic heterocycles. The first-order chi connectivity index (χ1) is 5.92. The van der Waals surface area contributed by atoms with Crippen LogP contribution < -0.4 is 0 Å². The summed E-state index contributed by atoms with van der Waals surface area (Å²) < 4.78 is 0. The number of aliphatic hydroxyl groups is 1. The minimum Gasteiger partial charge on any atom is -0.382 e. The summed E-state index contributed by atoms with van der Waals surface area (Å²) in [5.41, 5.74) is -2.17. The number of nitrogens with zero attached hydrogens (tertiary/aromatic N) is 1. The lowest BCUT2D eigenvalue weighted by molar-refractivity contribution is -0.536. The molecule has 4 nitrogen and oxygen atoms in total. The Hall–Kier alpha value is -1.16. The molecular formula is C9H13NO3. The second-order valence-electron chi connectivity index (χ2n) is 3.49. The van der Waals surface area contributed by atoms with Crippen LogP contribution in [-0.2, 0) is 0 Å². The van der Waals surface area contributed by atoms with Crippen molar-refractivity contribution in [2.75, 3.05) is 0 Å². The molecule has 1 rings (SSSR count). The molecule has 0 aromatic rings. The molecule has 1 N–H and O–H groups in total. The van der Waals surface area contributed by atoms with E-state index in [1.54, 1.807) is 0 Å². The van der Waals surface area contributed by atoms with E-state index < -0.39 is 11.1 Å². The maximum Gasteiger partial charge on any atom is 0.256 e. The van der Waals surface area contributed by atoms with Crippen molar-refractivity contribution < 1.29 is 10.0 Å². The highest BCUT2D eigenvalue weighted by Gasteiger charge is 2.36. The molecule has 72 valence electrons. The van der Waals surface area contributed by atoms with Crippen LogP contribution in [0.2, 0.25) is 0 Å². The number of nitro groups is 1. The van der Waals surface area contributed by atoms with Crippen LogP contribution in [0.5, 0.6) is 0 Å². The second-order valence-corrected chi connectivity index (χ2v) is 3.49. The average molecular weight is 183 g/mol. The van der Waals surface area contributed by atoms with Crippen LogP contribution in [0.25, 0.3) is 0 Å². The van der Waals surface area contributed by atoms with Crippen molar-refractivity contribution >= 4 is 0 Å². The summed E-state index contributed by atoms with van der Waals surface area (Å²) in [7, 11) is 0. The SMILES string of the molecule is CCC1(O)C=CC(C)([N+](=O)[O-])C=C1. The third kappa shape index (κ3) is 1.78. The van der Waals surface area contributed by atoms with E-state index in [1.165, 1.54) is 31.2 Å². The van der Waals surface area contributed by atoms with E-state index in [9.17, 15) is 15.2 Å². The Bertz CT molecular complexity index is 267. The van der Waals surface area contributed by atoms with Crippen molar-refractivity contribution in [2.45, 2.75) is 31.4 Å². The van der Waals surface area contributed by atoms with E-state index in [4.69, 9.17) is 0 Å². The van der Waals surface area contributed by atoms with Crippen molar-refractivity contribution in [3.63, 3.8) is 0 Å². The molecule has 0 aromatic carbocycles. The minimum absolute atomic E-state index is 0.380. The van der Waals surface area contributed by atoms with E-state index in [-0.39, 0.29) is 4.92 Å². The highest BCUT2D eigenvalue weighted by Crippen LogP contribution is 2.25. The predicted molar refractivity (Wildman–Crippen MR) is 48.9 cm³/mol. The smallest absolute Gasteiger partial charge is 0.256 e. The van der Waals surface area contributed by atoms with Gasteiger partial charge in [0.25, 0.3) is 5.54 Å². The van der Waals surface area contributed by atoms with Crippen LogP contribution >= 0.6 is 0 Å². The summed E-state index contributed by atoms with van der Waals surface area (Å²) in [6.45, 7) is 3.32. The molecule has 1 aliphatic rings. The van der Waals surface area contributed by atoms with E-state index in [2.05, 4.69) is 0 Å². The van der Waals surface area contributed by atoms with E-state index in [0.29, 0.717) is 6.42 Å². The monoisotopic (exact) mass is 183 g/mol. The molecule has 1 aliphatic carbocycles. The Balaban J connectivity index is 2.91. The van der Waals surface area contributed by atoms with Crippen molar-refractivity contribution in [1.82, 2.24) is 0 Å². The van der Waals surface area contributed by atoms with Gasteiger partial charge in [0, 0.05) is 11.8 Å². The van der Waals surface area contributed by atoms with Crippen LogP contribution in [0.15, 0.2) is 24.3 Å². The fraction of sp³-hybridized carbons (Fsp3) is 0.556. The first-order valence-electron chi connectivity index (χ1n) is 4.19. The lowest BCUT2D eigenvalue weighted by atomic mass is 9.87. The molecule has 13 heavy (non-hydrogen) atoms. The lowest BCUT2D eigenvalue weighted by Gasteiger charge is -2.25. The van der Waals surface area contributed by atoms with Gasteiger partial charge in [-0.3, -0.25) is 10.1 Å². The fourth-order valence-corrected chi connectivity index (χ4v) is 1.09. The summed E-state index contributed by atoms with van der Waals surface area (Å²) in [5, 5.41) is 20.3. The Morgan fingerprint density at radius 1 is 1.38 bits per heavy atom. The minimum atomic E-state index is -1.17. The number of hydrogen-bond acceptors (Lipinski definition) is 3. The molecule has 0 saturated carbocycles. The van der Waals surface area contributed by atoms with Gasteiger partial charge in [-0.2, -0.15) is 0 Å². The van der Waals surface area contributed by atoms with Gasteiger partial charge < -0.3 is 5.11 Å². The van der Waals surface area contributed by atoms with Crippen LogP contribution in [0.3, 0.4) is 0 Å². The fourth-order valence-electron chi connectivity index (χ4n) is 1.09. The summed E-state index contributed by atoms with van der Waals surface area (Å²) in [4.78, 5) is 10.2. The first-order valence-corrected chi connectivity index (χ1v) is 4.19. The predicted octanol–water partition coefficient (Wildman–Crippen LogP) is 1.29. The largest absolute Gasteiger partial charge is 0.382 e. The van der Waals surface area contributed by atoms with Gasteiger partial charge in [-0.15, -0.1) is 0 Å². The van der Waals surface area contributed by atoms with Crippen molar-refractivity contribution in [3.8, 4) is 0 Å². The van der Waals surface area contributed by atoms with E-state index >= 15 is 0 Å². The van der Waals surface area contributed by atoms with Gasteiger partial charge in [0.2, 0.25) is 0 Å². The van der Waals surface area contributed by atoms with Crippen molar-refractivity contribution in [1.29, 1.82) is 0 Å². The molecular weight excluding hydrogens is 170 g/mol. The van der Waals surface area contributed by atoms with Crippen molar-refractivity contribution in [3.05, 3.63) is 34.4 Å². The Morgan fingerprint density at radius 3 is 2.15 bits per heavy atom. The molecule has 0 atom stereocenters. The third-order valence-corrected chi connectivity index (χ3v) is 2.38. The Kier molecular flexibility index (Phi) is 2.26. The van der Waals surface area contributed by atoms with Gasteiger partial charge >= 0.3 is 0 Å². The third-order valence-electron chi connectivity index (χ3n) is 2.38. The molecule has 0 unspecified atom stereocenters. The Labute approximate surface area is 76.7 Å². The van der Waals surface area contributed by atoms with Crippen LogP contribution in [0.1, 0.15) is 20.3 Å². The zero-order valence-electron chi connectivity index (χ0n) is 7.73. The van der Waals surface area contributed by atoms with Gasteiger partial charge in [0.05, 0.1) is 0 Å². The summed E-state index contributed by atoms with van der Waals surface area (Å²) in [6, 6.07) is 0. The van der Waals surface area contributed by atoms with Gasteiger partial charge in [0.1, 0.15) is 5.60 Å². The topological polar surface area (TPSA) is 63.4 Å². The second kappa shape index (κ2) is 2.96. The van der Waals surface area contributed by atoms with Crippen LogP contribution in [0.4, 0.5) is 0 Å². The molecule has 0 aromatic heterocycles. The van der Waals surface area contributed by atoms with Gasteiger partial charge in [0.15, 0.2) is 0 Å². The number of rotatable bonds is 2. The summed E-state index contributed by atoms with van der Waals surface area (Å²) >= 11 is 0. The summed E-state index contributed by atoms with van der Waals surface area (Å²) in [5.74, 6) is 0. The average Bonchev–Trinajstić information content (AvgIpc) is 2.11. The van der Waals surface area contributed by atoms with Crippen molar-refractivity contribution in [2.24, 2.45) is 0 Å². The molecule has 4 heteroatoms. The Morgan fingerprint density at radius 2 is 1.85 bits per heavy atom. The molecule has 0 amide bonds. The van der Waals surface area contributed by atoms with Crippen LogP contribution in [-0.4, -0.2) is 21.2 Å². The normalized spacial score (nSPS) is 37.8. The van der Waals surface area contributed by atoms with E-state index in [0.717, 1.165) is 0 Å². The molecule has 0 spiro atoms. The lowest BCUT2D eigenvalue weighted by Crippen LogP contribution is -2.36. The van der Waals surface area contributed by atoms with Gasteiger partial charge in [-0.1, -0.05) is 6.92 Å². The van der Waals surface area contributed by atoms with Gasteiger partial charge in [-0.25, -0.2) is 0 Å². The first kappa shape index (κ1) is 9.92. The number of hydrogen-bond donors (Lipinski definition) is 1. The standard InChI is InChI=1S/C9H13NO3/c1-3-9(11)6-4-8(2,5-7-9)10(12)13/h4-7,11H,3H2,1-2H3. The maximum atomic E-state index is 10.6. The zero-order chi connectivity index (χ0) is 10.1.